The van der Waals surface area contributed by atoms with E-state index in [9.17, 15) is 9.90 Å². The normalized spacial score (nSPS) is 15.8. The van der Waals surface area contributed by atoms with Gasteiger partial charge in [0.05, 0.1) is 31.9 Å². The van der Waals surface area contributed by atoms with E-state index in [-0.39, 0.29) is 12.5 Å². The molecule has 2 rings (SSSR count). The van der Waals surface area contributed by atoms with Crippen LogP contribution in [0.15, 0.2) is 12.1 Å². The molecule has 0 saturated heterocycles. The van der Waals surface area contributed by atoms with E-state index in [1.54, 1.807) is 20.3 Å². The summed E-state index contributed by atoms with van der Waals surface area (Å²) in [5, 5.41) is 12.1. The summed E-state index contributed by atoms with van der Waals surface area (Å²) < 4.78 is 10.4. The van der Waals surface area contributed by atoms with Crippen LogP contribution in [0.4, 0.5) is 5.69 Å². The Labute approximate surface area is 112 Å². The molecule has 0 spiro atoms. The quantitative estimate of drug-likeness (QED) is 0.850. The van der Waals surface area contributed by atoms with Gasteiger partial charge in [-0.2, -0.15) is 0 Å². The average Bonchev–Trinajstić information content (AvgIpc) is 3.21. The summed E-state index contributed by atoms with van der Waals surface area (Å²) in [5.74, 6) is 1.08. The number of rotatable bonds is 5. The number of aryl methyl sites for hydroxylation is 1. The van der Waals surface area contributed by atoms with Crippen molar-refractivity contribution in [1.29, 1.82) is 0 Å². The summed E-state index contributed by atoms with van der Waals surface area (Å²) >= 11 is 0. The maximum Gasteiger partial charge on any atom is 0.233 e. The number of aliphatic hydroxyl groups is 1. The number of carbonyl (C=O) groups excluding carboxylic acids is 1. The minimum absolute atomic E-state index is 0.115. The van der Waals surface area contributed by atoms with Crippen molar-refractivity contribution in [1.82, 2.24) is 0 Å². The molecule has 0 radical (unpaired) electrons. The molecule has 0 heterocycles. The van der Waals surface area contributed by atoms with E-state index in [0.717, 1.165) is 18.4 Å². The number of hydrogen-bond acceptors (Lipinski definition) is 4. The third-order valence-corrected chi connectivity index (χ3v) is 3.60. The predicted molar refractivity (Wildman–Crippen MR) is 71.7 cm³/mol. The third-order valence-electron chi connectivity index (χ3n) is 3.60. The van der Waals surface area contributed by atoms with Crippen molar-refractivity contribution >= 4 is 11.6 Å². The molecule has 0 aliphatic heterocycles. The molecule has 1 amide bonds. The highest BCUT2D eigenvalue weighted by atomic mass is 16.5. The molecule has 1 aliphatic rings. The first-order valence-corrected chi connectivity index (χ1v) is 6.21. The lowest BCUT2D eigenvalue weighted by atomic mass is 10.1. The molecule has 1 fully saturated rings. The predicted octanol–water partition coefficient (Wildman–Crippen LogP) is 1.72. The maximum absolute atomic E-state index is 12.1. The van der Waals surface area contributed by atoms with Crippen molar-refractivity contribution in [2.75, 3.05) is 26.1 Å². The largest absolute Gasteiger partial charge is 0.497 e. The van der Waals surface area contributed by atoms with Gasteiger partial charge in [-0.25, -0.2) is 0 Å². The van der Waals surface area contributed by atoms with E-state index in [0.29, 0.717) is 17.2 Å². The first-order chi connectivity index (χ1) is 9.06. The molecule has 104 valence electrons. The molecule has 1 aliphatic carbocycles. The fourth-order valence-electron chi connectivity index (χ4n) is 2.02. The van der Waals surface area contributed by atoms with Crippen LogP contribution in [0.3, 0.4) is 0 Å². The molecule has 19 heavy (non-hydrogen) atoms. The van der Waals surface area contributed by atoms with Crippen LogP contribution in [0.5, 0.6) is 11.5 Å². The molecule has 1 aromatic rings. The highest BCUT2D eigenvalue weighted by Gasteiger charge is 2.49. The van der Waals surface area contributed by atoms with E-state index < -0.39 is 5.41 Å². The smallest absolute Gasteiger partial charge is 0.233 e. The summed E-state index contributed by atoms with van der Waals surface area (Å²) in [7, 11) is 3.13. The minimum Gasteiger partial charge on any atom is -0.497 e. The maximum atomic E-state index is 12.1. The molecule has 1 saturated carbocycles. The van der Waals surface area contributed by atoms with E-state index in [4.69, 9.17) is 9.47 Å². The van der Waals surface area contributed by atoms with E-state index in [2.05, 4.69) is 5.32 Å². The van der Waals surface area contributed by atoms with Crippen LogP contribution in [0.1, 0.15) is 18.4 Å². The van der Waals surface area contributed by atoms with Crippen molar-refractivity contribution in [3.05, 3.63) is 17.7 Å². The molecular formula is C14H19NO4. The number of anilines is 1. The summed E-state index contributed by atoms with van der Waals surface area (Å²) in [5.41, 5.74) is 0.892. The fraction of sp³-hybridized carbons (Fsp3) is 0.500. The lowest BCUT2D eigenvalue weighted by Crippen LogP contribution is -2.27. The Balaban J connectivity index is 2.27. The zero-order valence-electron chi connectivity index (χ0n) is 11.4. The molecule has 0 atom stereocenters. The zero-order valence-corrected chi connectivity index (χ0v) is 11.4. The second kappa shape index (κ2) is 5.09. The number of nitrogens with one attached hydrogen (secondary N) is 1. The van der Waals surface area contributed by atoms with Gasteiger partial charge < -0.3 is 19.9 Å². The Morgan fingerprint density at radius 3 is 2.53 bits per heavy atom. The van der Waals surface area contributed by atoms with E-state index in [1.807, 2.05) is 13.0 Å². The van der Waals surface area contributed by atoms with Crippen molar-refractivity contribution in [3.63, 3.8) is 0 Å². The lowest BCUT2D eigenvalue weighted by Gasteiger charge is -2.17. The van der Waals surface area contributed by atoms with Crippen molar-refractivity contribution in [2.45, 2.75) is 19.8 Å². The Kier molecular flexibility index (Phi) is 3.66. The zero-order chi connectivity index (χ0) is 14.0. The second-order valence-electron chi connectivity index (χ2n) is 4.91. The van der Waals surface area contributed by atoms with Crippen LogP contribution < -0.4 is 14.8 Å². The van der Waals surface area contributed by atoms with Gasteiger partial charge in [0.15, 0.2) is 0 Å². The van der Waals surface area contributed by atoms with Gasteiger partial charge in [-0.1, -0.05) is 0 Å². The molecular weight excluding hydrogens is 246 g/mol. The highest BCUT2D eigenvalue weighted by molar-refractivity contribution is 5.99. The van der Waals surface area contributed by atoms with Crippen LogP contribution in [0.25, 0.3) is 0 Å². The van der Waals surface area contributed by atoms with Gasteiger partial charge in [-0.05, 0) is 31.4 Å². The fourth-order valence-corrected chi connectivity index (χ4v) is 2.02. The van der Waals surface area contributed by atoms with E-state index in [1.165, 1.54) is 0 Å². The number of hydrogen-bond donors (Lipinski definition) is 2. The average molecular weight is 265 g/mol. The summed E-state index contributed by atoms with van der Waals surface area (Å²) in [4.78, 5) is 12.1. The number of benzene rings is 1. The van der Waals surface area contributed by atoms with Gasteiger partial charge in [0.25, 0.3) is 0 Å². The van der Waals surface area contributed by atoms with Crippen LogP contribution in [0, 0.1) is 12.3 Å². The molecule has 0 unspecified atom stereocenters. The molecule has 0 bridgehead atoms. The topological polar surface area (TPSA) is 67.8 Å². The lowest BCUT2D eigenvalue weighted by molar-refractivity contribution is -0.122. The Hall–Kier alpha value is -1.75. The standard InChI is InChI=1S/C14H19NO4/c1-9-6-10(18-2)7-11(19-3)12(9)15-13(17)14(8-16)4-5-14/h6-7,16H,4-5,8H2,1-3H3,(H,15,17). The van der Waals surface area contributed by atoms with Crippen molar-refractivity contribution in [3.8, 4) is 11.5 Å². The van der Waals surface area contributed by atoms with Gasteiger partial charge in [0.1, 0.15) is 11.5 Å². The van der Waals surface area contributed by atoms with Crippen LogP contribution in [-0.4, -0.2) is 31.8 Å². The first-order valence-electron chi connectivity index (χ1n) is 6.21. The molecule has 1 aromatic carbocycles. The first kappa shape index (κ1) is 13.7. The molecule has 2 N–H and O–H groups in total. The van der Waals surface area contributed by atoms with E-state index >= 15 is 0 Å². The highest BCUT2D eigenvalue weighted by Crippen LogP contribution is 2.46. The van der Waals surface area contributed by atoms with Gasteiger partial charge in [0.2, 0.25) is 5.91 Å². The summed E-state index contributed by atoms with van der Waals surface area (Å²) in [6.45, 7) is 1.76. The van der Waals surface area contributed by atoms with Crippen molar-refractivity contribution < 1.29 is 19.4 Å². The molecule has 0 aromatic heterocycles. The number of carbonyl (C=O) groups is 1. The second-order valence-corrected chi connectivity index (χ2v) is 4.91. The van der Waals surface area contributed by atoms with Gasteiger partial charge in [-0.15, -0.1) is 0 Å². The Bertz CT molecular complexity index is 494. The Morgan fingerprint density at radius 2 is 2.05 bits per heavy atom. The van der Waals surface area contributed by atoms with Crippen LogP contribution in [-0.2, 0) is 4.79 Å². The SMILES string of the molecule is COc1cc(C)c(NC(=O)C2(CO)CC2)c(OC)c1. The van der Waals surface area contributed by atoms with Crippen LogP contribution >= 0.6 is 0 Å². The number of methoxy groups -OCH3 is 2. The van der Waals surface area contributed by atoms with Gasteiger partial charge in [0, 0.05) is 6.07 Å². The number of amides is 1. The van der Waals surface area contributed by atoms with Crippen LogP contribution in [0.2, 0.25) is 0 Å². The molecule has 5 heteroatoms. The minimum atomic E-state index is -0.600. The summed E-state index contributed by atoms with van der Waals surface area (Å²) in [6, 6.07) is 3.55. The molecule has 5 nitrogen and oxygen atoms in total. The van der Waals surface area contributed by atoms with Gasteiger partial charge >= 0.3 is 0 Å². The number of ether oxygens (including phenoxy) is 2. The summed E-state index contributed by atoms with van der Waals surface area (Å²) in [6.07, 6.45) is 1.46. The number of aliphatic hydroxyl groups excluding tert-OH is 1. The monoisotopic (exact) mass is 265 g/mol. The Morgan fingerprint density at radius 1 is 1.37 bits per heavy atom. The van der Waals surface area contributed by atoms with Gasteiger partial charge in [-0.3, -0.25) is 4.79 Å². The third kappa shape index (κ3) is 2.51. The van der Waals surface area contributed by atoms with Crippen molar-refractivity contribution in [2.24, 2.45) is 5.41 Å².